The van der Waals surface area contributed by atoms with Crippen molar-refractivity contribution in [1.82, 2.24) is 9.97 Å². The molecule has 0 spiro atoms. The van der Waals surface area contributed by atoms with E-state index in [0.717, 1.165) is 11.3 Å². The lowest BCUT2D eigenvalue weighted by molar-refractivity contribution is 0.530. The van der Waals surface area contributed by atoms with Gasteiger partial charge in [0.2, 0.25) is 0 Å². The van der Waals surface area contributed by atoms with Gasteiger partial charge in [-0.25, -0.2) is 9.97 Å². The molecule has 0 aliphatic carbocycles. The van der Waals surface area contributed by atoms with Crippen LogP contribution >= 0.6 is 0 Å². The number of nitrogens with two attached hydrogens (primary N) is 1. The zero-order valence-electron chi connectivity index (χ0n) is 7.83. The number of aromatic nitrogens is 2. The number of nitrogens with zero attached hydrogens (tertiary/aromatic N) is 2. The topological polar surface area (TPSA) is 51.8 Å². The molecule has 3 heteroatoms. The Bertz CT molecular complexity index is 268. The molecule has 0 amide bonds. The zero-order chi connectivity index (χ0) is 9.19. The van der Waals surface area contributed by atoms with Crippen LogP contribution in [0.2, 0.25) is 0 Å². The van der Waals surface area contributed by atoms with Gasteiger partial charge in [-0.1, -0.05) is 13.8 Å². The van der Waals surface area contributed by atoms with Gasteiger partial charge >= 0.3 is 0 Å². The van der Waals surface area contributed by atoms with Crippen LogP contribution in [-0.2, 0) is 5.41 Å². The summed E-state index contributed by atoms with van der Waals surface area (Å²) in [5.41, 5.74) is 7.78. The third kappa shape index (κ3) is 1.61. The molecule has 3 nitrogen and oxygen atoms in total. The van der Waals surface area contributed by atoms with Crippen molar-refractivity contribution in [1.29, 1.82) is 0 Å². The van der Waals surface area contributed by atoms with Gasteiger partial charge in [-0.3, -0.25) is 0 Å². The first-order valence-electron chi connectivity index (χ1n) is 4.05. The fourth-order valence-electron chi connectivity index (χ4n) is 1.17. The van der Waals surface area contributed by atoms with Crippen LogP contribution in [0.1, 0.15) is 25.1 Å². The molecule has 0 radical (unpaired) electrons. The van der Waals surface area contributed by atoms with Crippen LogP contribution in [0.3, 0.4) is 0 Å². The van der Waals surface area contributed by atoms with E-state index in [1.807, 2.05) is 13.1 Å². The Labute approximate surface area is 73.0 Å². The first-order chi connectivity index (χ1) is 5.58. The summed E-state index contributed by atoms with van der Waals surface area (Å²) in [6, 6.07) is 0. The maximum absolute atomic E-state index is 5.65. The number of hydrogen-bond acceptors (Lipinski definition) is 3. The van der Waals surface area contributed by atoms with Crippen LogP contribution in [0, 0.1) is 6.92 Å². The Morgan fingerprint density at radius 2 is 2.17 bits per heavy atom. The number of rotatable bonds is 2. The summed E-state index contributed by atoms with van der Waals surface area (Å²) in [4.78, 5) is 8.12. The molecule has 1 aromatic rings. The molecule has 0 aliphatic rings. The van der Waals surface area contributed by atoms with E-state index >= 15 is 0 Å². The van der Waals surface area contributed by atoms with Gasteiger partial charge in [0.1, 0.15) is 6.33 Å². The third-order valence-electron chi connectivity index (χ3n) is 2.15. The molecule has 1 rings (SSSR count). The van der Waals surface area contributed by atoms with Crippen molar-refractivity contribution in [3.63, 3.8) is 0 Å². The molecule has 0 fully saturated rings. The summed E-state index contributed by atoms with van der Waals surface area (Å²) in [7, 11) is 0. The van der Waals surface area contributed by atoms with Gasteiger partial charge in [0.25, 0.3) is 0 Å². The van der Waals surface area contributed by atoms with Crippen molar-refractivity contribution >= 4 is 0 Å². The van der Waals surface area contributed by atoms with Gasteiger partial charge in [-0.05, 0) is 12.5 Å². The summed E-state index contributed by atoms with van der Waals surface area (Å²) in [6.45, 7) is 6.78. The highest BCUT2D eigenvalue weighted by atomic mass is 14.8. The lowest BCUT2D eigenvalue weighted by Crippen LogP contribution is -2.29. The third-order valence-corrected chi connectivity index (χ3v) is 2.15. The monoisotopic (exact) mass is 165 g/mol. The molecular formula is C9H15N3. The van der Waals surface area contributed by atoms with Crippen molar-refractivity contribution in [2.45, 2.75) is 26.2 Å². The van der Waals surface area contributed by atoms with E-state index in [1.54, 1.807) is 6.33 Å². The minimum Gasteiger partial charge on any atom is -0.330 e. The average Bonchev–Trinajstić information content (AvgIpc) is 2.05. The molecule has 12 heavy (non-hydrogen) atoms. The normalized spacial score (nSPS) is 11.7. The van der Waals surface area contributed by atoms with Crippen molar-refractivity contribution in [2.75, 3.05) is 6.54 Å². The Morgan fingerprint density at radius 3 is 2.67 bits per heavy atom. The van der Waals surface area contributed by atoms with Crippen molar-refractivity contribution < 1.29 is 0 Å². The Balaban J connectivity index is 3.10. The summed E-state index contributed by atoms with van der Waals surface area (Å²) in [5.74, 6) is 0. The van der Waals surface area contributed by atoms with Crippen LogP contribution in [0.4, 0.5) is 0 Å². The molecule has 0 bridgehead atoms. The molecule has 0 aliphatic heterocycles. The predicted molar refractivity (Wildman–Crippen MR) is 48.8 cm³/mol. The Morgan fingerprint density at radius 1 is 1.50 bits per heavy atom. The second-order valence-corrected chi connectivity index (χ2v) is 3.61. The SMILES string of the molecule is Cc1ncncc1C(C)(C)CN. The highest BCUT2D eigenvalue weighted by Gasteiger charge is 2.20. The molecule has 2 N–H and O–H groups in total. The second-order valence-electron chi connectivity index (χ2n) is 3.61. The minimum atomic E-state index is -0.0225. The minimum absolute atomic E-state index is 0.0225. The first-order valence-corrected chi connectivity index (χ1v) is 4.05. The van der Waals surface area contributed by atoms with E-state index in [1.165, 1.54) is 0 Å². The molecule has 0 aromatic carbocycles. The van der Waals surface area contributed by atoms with E-state index in [9.17, 15) is 0 Å². The fourth-order valence-corrected chi connectivity index (χ4v) is 1.17. The summed E-state index contributed by atoms with van der Waals surface area (Å²) in [6.07, 6.45) is 3.40. The molecule has 0 unspecified atom stereocenters. The van der Waals surface area contributed by atoms with Crippen LogP contribution in [0.5, 0.6) is 0 Å². The van der Waals surface area contributed by atoms with Gasteiger partial charge in [0, 0.05) is 23.9 Å². The highest BCUT2D eigenvalue weighted by Crippen LogP contribution is 2.22. The lowest BCUT2D eigenvalue weighted by Gasteiger charge is -2.23. The first kappa shape index (κ1) is 9.13. The summed E-state index contributed by atoms with van der Waals surface area (Å²) >= 11 is 0. The molecule has 0 saturated heterocycles. The number of aryl methyl sites for hydroxylation is 1. The highest BCUT2D eigenvalue weighted by molar-refractivity contribution is 5.24. The Hall–Kier alpha value is -0.960. The molecular weight excluding hydrogens is 150 g/mol. The van der Waals surface area contributed by atoms with E-state index in [0.29, 0.717) is 6.54 Å². The smallest absolute Gasteiger partial charge is 0.115 e. The molecule has 1 heterocycles. The maximum atomic E-state index is 5.65. The largest absolute Gasteiger partial charge is 0.330 e. The Kier molecular flexibility index (Phi) is 2.43. The van der Waals surface area contributed by atoms with Crippen LogP contribution in [-0.4, -0.2) is 16.5 Å². The van der Waals surface area contributed by atoms with Crippen LogP contribution < -0.4 is 5.73 Å². The number of hydrogen-bond donors (Lipinski definition) is 1. The van der Waals surface area contributed by atoms with E-state index < -0.39 is 0 Å². The maximum Gasteiger partial charge on any atom is 0.115 e. The zero-order valence-corrected chi connectivity index (χ0v) is 7.83. The van der Waals surface area contributed by atoms with Gasteiger partial charge in [0.05, 0.1) is 0 Å². The van der Waals surface area contributed by atoms with Crippen molar-refractivity contribution in [3.8, 4) is 0 Å². The standard InChI is InChI=1S/C9H15N3/c1-7-8(4-11-6-12-7)9(2,3)5-10/h4,6H,5,10H2,1-3H3. The summed E-state index contributed by atoms with van der Waals surface area (Å²) < 4.78 is 0. The molecule has 0 atom stereocenters. The van der Waals surface area contributed by atoms with E-state index in [2.05, 4.69) is 23.8 Å². The van der Waals surface area contributed by atoms with Crippen LogP contribution in [0.25, 0.3) is 0 Å². The fraction of sp³-hybridized carbons (Fsp3) is 0.556. The molecule has 1 aromatic heterocycles. The van der Waals surface area contributed by atoms with Crippen molar-refractivity contribution in [3.05, 3.63) is 23.8 Å². The van der Waals surface area contributed by atoms with Gasteiger partial charge in [-0.2, -0.15) is 0 Å². The molecule has 0 saturated carbocycles. The quantitative estimate of drug-likeness (QED) is 0.711. The lowest BCUT2D eigenvalue weighted by atomic mass is 9.85. The van der Waals surface area contributed by atoms with E-state index in [-0.39, 0.29) is 5.41 Å². The average molecular weight is 165 g/mol. The van der Waals surface area contributed by atoms with Gasteiger partial charge < -0.3 is 5.73 Å². The summed E-state index contributed by atoms with van der Waals surface area (Å²) in [5, 5.41) is 0. The van der Waals surface area contributed by atoms with Crippen molar-refractivity contribution in [2.24, 2.45) is 5.73 Å². The second kappa shape index (κ2) is 3.19. The van der Waals surface area contributed by atoms with Gasteiger partial charge in [-0.15, -0.1) is 0 Å². The van der Waals surface area contributed by atoms with Gasteiger partial charge in [0.15, 0.2) is 0 Å². The molecule has 66 valence electrons. The van der Waals surface area contributed by atoms with Crippen LogP contribution in [0.15, 0.2) is 12.5 Å². The van der Waals surface area contributed by atoms with E-state index in [4.69, 9.17) is 5.73 Å². The predicted octanol–water partition coefficient (Wildman–Crippen LogP) is 1.02.